The second kappa shape index (κ2) is 7.46. The molecule has 2 aliphatic carbocycles. The SMILES string of the molecule is O=S(=O)(c1ccc(C2=C(c3c(F)c(F)c(C(F)(F)F)c(F)c3F)CC3(CC3)C2)cc1)C(F)(F)F. The average Bonchev–Trinajstić information content (AvgIpc) is 3.37. The minimum atomic E-state index is -5.71. The van der Waals surface area contributed by atoms with Gasteiger partial charge in [0.25, 0.3) is 9.84 Å². The van der Waals surface area contributed by atoms with E-state index in [-0.39, 0.29) is 29.6 Å². The molecule has 2 aliphatic rings. The summed E-state index contributed by atoms with van der Waals surface area (Å²) in [5.41, 5.74) is -10.4. The van der Waals surface area contributed by atoms with Crippen molar-refractivity contribution in [1.82, 2.24) is 0 Å². The molecule has 2 nitrogen and oxygen atoms in total. The fraction of sp³-hybridized carbons (Fsp3) is 0.333. The van der Waals surface area contributed by atoms with E-state index in [2.05, 4.69) is 0 Å². The highest BCUT2D eigenvalue weighted by atomic mass is 32.2. The highest BCUT2D eigenvalue weighted by Crippen LogP contribution is 2.64. The molecular weight excluding hydrogens is 506 g/mol. The van der Waals surface area contributed by atoms with Crippen molar-refractivity contribution in [2.75, 3.05) is 0 Å². The molecule has 1 fully saturated rings. The van der Waals surface area contributed by atoms with Crippen LogP contribution in [0.4, 0.5) is 43.9 Å². The van der Waals surface area contributed by atoms with Crippen LogP contribution in [-0.2, 0) is 16.0 Å². The monoisotopic (exact) mass is 518 g/mol. The first-order valence-corrected chi connectivity index (χ1v) is 11.1. The Balaban J connectivity index is 1.89. The molecule has 0 heterocycles. The van der Waals surface area contributed by atoms with E-state index in [1.54, 1.807) is 0 Å². The summed E-state index contributed by atoms with van der Waals surface area (Å²) in [4.78, 5) is -1.10. The standard InChI is InChI=1S/C21H12F10O2S/c22-15-13(16(23)18(25)14(17(15)24)20(26,27)28)12-8-19(5-6-19)7-11(12)9-1-3-10(4-2-9)34(32,33)21(29,30)31/h1-4H,5-8H2. The lowest BCUT2D eigenvalue weighted by atomic mass is 9.94. The van der Waals surface area contributed by atoms with Crippen LogP contribution >= 0.6 is 0 Å². The van der Waals surface area contributed by atoms with Crippen LogP contribution in [0.3, 0.4) is 0 Å². The molecule has 4 rings (SSSR count). The van der Waals surface area contributed by atoms with Crippen molar-refractivity contribution in [2.24, 2.45) is 5.41 Å². The molecule has 2 aromatic carbocycles. The van der Waals surface area contributed by atoms with Gasteiger partial charge in [-0.05, 0) is 59.9 Å². The zero-order valence-electron chi connectivity index (χ0n) is 16.6. The van der Waals surface area contributed by atoms with Gasteiger partial charge in [0.2, 0.25) is 0 Å². The molecule has 184 valence electrons. The Hall–Kier alpha value is -2.57. The molecule has 0 aliphatic heterocycles. The van der Waals surface area contributed by atoms with E-state index in [4.69, 9.17) is 0 Å². The van der Waals surface area contributed by atoms with Gasteiger partial charge in [-0.15, -0.1) is 0 Å². The molecule has 0 saturated heterocycles. The van der Waals surface area contributed by atoms with E-state index in [1.165, 1.54) is 0 Å². The van der Waals surface area contributed by atoms with Gasteiger partial charge < -0.3 is 0 Å². The van der Waals surface area contributed by atoms with Crippen molar-refractivity contribution >= 4 is 21.0 Å². The lowest BCUT2D eigenvalue weighted by Gasteiger charge is -2.16. The van der Waals surface area contributed by atoms with Gasteiger partial charge in [0.15, 0.2) is 23.3 Å². The minimum Gasteiger partial charge on any atom is -0.214 e. The lowest BCUT2D eigenvalue weighted by molar-refractivity contribution is -0.143. The van der Waals surface area contributed by atoms with Crippen molar-refractivity contribution < 1.29 is 52.3 Å². The molecule has 0 amide bonds. The van der Waals surface area contributed by atoms with Crippen molar-refractivity contribution in [1.29, 1.82) is 0 Å². The molecule has 0 aromatic heterocycles. The van der Waals surface area contributed by atoms with Gasteiger partial charge in [0.1, 0.15) is 5.56 Å². The Bertz CT molecular complexity index is 1290. The summed E-state index contributed by atoms with van der Waals surface area (Å²) in [7, 11) is -5.68. The molecule has 0 unspecified atom stereocenters. The van der Waals surface area contributed by atoms with E-state index in [1.807, 2.05) is 0 Å². The molecule has 0 atom stereocenters. The average molecular weight is 518 g/mol. The lowest BCUT2D eigenvalue weighted by Crippen LogP contribution is -2.23. The Morgan fingerprint density at radius 3 is 1.59 bits per heavy atom. The Kier molecular flexibility index (Phi) is 5.39. The van der Waals surface area contributed by atoms with Crippen LogP contribution < -0.4 is 0 Å². The first kappa shape index (κ1) is 24.6. The Morgan fingerprint density at radius 1 is 0.706 bits per heavy atom. The number of hydrogen-bond acceptors (Lipinski definition) is 2. The number of sulfone groups is 1. The Morgan fingerprint density at radius 2 is 1.18 bits per heavy atom. The van der Waals surface area contributed by atoms with Crippen LogP contribution in [-0.4, -0.2) is 13.9 Å². The van der Waals surface area contributed by atoms with Crippen LogP contribution in [0.15, 0.2) is 29.2 Å². The van der Waals surface area contributed by atoms with Crippen molar-refractivity contribution in [2.45, 2.75) is 42.3 Å². The predicted octanol–water partition coefficient (Wildman–Crippen LogP) is 7.04. The minimum absolute atomic E-state index is 0.0133. The second-order valence-corrected chi connectivity index (χ2v) is 10.2. The van der Waals surface area contributed by atoms with Crippen LogP contribution in [0.2, 0.25) is 0 Å². The number of hydrogen-bond donors (Lipinski definition) is 0. The van der Waals surface area contributed by atoms with E-state index >= 15 is 0 Å². The van der Waals surface area contributed by atoms with Gasteiger partial charge in [-0.25, -0.2) is 26.0 Å². The summed E-state index contributed by atoms with van der Waals surface area (Å²) in [6.45, 7) is 0. The molecule has 0 radical (unpaired) electrons. The Labute approximate surface area is 185 Å². The van der Waals surface area contributed by atoms with E-state index in [9.17, 15) is 52.3 Å². The van der Waals surface area contributed by atoms with Gasteiger partial charge in [-0.3, -0.25) is 0 Å². The number of benzene rings is 2. The van der Waals surface area contributed by atoms with Gasteiger partial charge in [0, 0.05) is 0 Å². The molecule has 1 spiro atoms. The van der Waals surface area contributed by atoms with E-state index < -0.39 is 66.2 Å². The highest BCUT2D eigenvalue weighted by molar-refractivity contribution is 7.92. The predicted molar refractivity (Wildman–Crippen MR) is 98.7 cm³/mol. The maximum atomic E-state index is 14.7. The molecule has 0 bridgehead atoms. The zero-order chi connectivity index (χ0) is 25.4. The number of allylic oxidation sites excluding steroid dienone is 2. The van der Waals surface area contributed by atoms with Crippen LogP contribution in [0.25, 0.3) is 11.1 Å². The highest BCUT2D eigenvalue weighted by Gasteiger charge is 2.51. The summed E-state index contributed by atoms with van der Waals surface area (Å²) in [5, 5.41) is 0. The van der Waals surface area contributed by atoms with Crippen molar-refractivity contribution in [3.8, 4) is 0 Å². The van der Waals surface area contributed by atoms with Gasteiger partial charge in [-0.1, -0.05) is 12.1 Å². The fourth-order valence-corrected chi connectivity index (χ4v) is 4.95. The van der Waals surface area contributed by atoms with Gasteiger partial charge in [-0.2, -0.15) is 26.3 Å². The molecule has 0 N–H and O–H groups in total. The van der Waals surface area contributed by atoms with E-state index in [0.717, 1.165) is 12.1 Å². The van der Waals surface area contributed by atoms with Crippen LogP contribution in [0.1, 0.15) is 42.4 Å². The number of halogens is 10. The third-order valence-electron chi connectivity index (χ3n) is 6.09. The van der Waals surface area contributed by atoms with Crippen LogP contribution in [0.5, 0.6) is 0 Å². The summed E-state index contributed by atoms with van der Waals surface area (Å²) in [5.74, 6) is -9.71. The smallest absolute Gasteiger partial charge is 0.214 e. The first-order valence-electron chi connectivity index (χ1n) is 9.57. The third-order valence-corrected chi connectivity index (χ3v) is 7.59. The quantitative estimate of drug-likeness (QED) is 0.323. The molecule has 34 heavy (non-hydrogen) atoms. The summed E-state index contributed by atoms with van der Waals surface area (Å²) in [6.07, 6.45) is -4.69. The maximum Gasteiger partial charge on any atom is 0.501 e. The topological polar surface area (TPSA) is 34.1 Å². The fourth-order valence-electron chi connectivity index (χ4n) is 4.19. The maximum absolute atomic E-state index is 14.7. The normalized spacial score (nSPS) is 18.2. The number of rotatable bonds is 3. The second-order valence-electron chi connectivity index (χ2n) is 8.29. The molecule has 1 saturated carbocycles. The first-order chi connectivity index (χ1) is 15.5. The summed E-state index contributed by atoms with van der Waals surface area (Å²) >= 11 is 0. The zero-order valence-corrected chi connectivity index (χ0v) is 17.5. The molecular formula is C21H12F10O2S. The number of alkyl halides is 6. The van der Waals surface area contributed by atoms with Crippen molar-refractivity contribution in [3.63, 3.8) is 0 Å². The molecule has 2 aromatic rings. The van der Waals surface area contributed by atoms with E-state index in [0.29, 0.717) is 25.0 Å². The van der Waals surface area contributed by atoms with Crippen LogP contribution in [0, 0.1) is 28.7 Å². The van der Waals surface area contributed by atoms with Gasteiger partial charge >= 0.3 is 11.7 Å². The van der Waals surface area contributed by atoms with Crippen molar-refractivity contribution in [3.05, 3.63) is 64.2 Å². The molecule has 13 heteroatoms. The van der Waals surface area contributed by atoms with Gasteiger partial charge in [0.05, 0.1) is 10.5 Å². The largest absolute Gasteiger partial charge is 0.501 e. The summed E-state index contributed by atoms with van der Waals surface area (Å²) < 4.78 is 158. The summed E-state index contributed by atoms with van der Waals surface area (Å²) in [6, 6.07) is 3.09. The third kappa shape index (κ3) is 3.77.